The molecule has 1 unspecified atom stereocenters. The van der Waals surface area contributed by atoms with E-state index in [1.54, 1.807) is 30.5 Å². The van der Waals surface area contributed by atoms with E-state index < -0.39 is 11.8 Å². The molecule has 1 aromatic heterocycles. The molecule has 3 aromatic rings. The van der Waals surface area contributed by atoms with E-state index in [9.17, 15) is 9.59 Å². The highest BCUT2D eigenvalue weighted by Crippen LogP contribution is 2.18. The second-order valence-corrected chi connectivity index (χ2v) is 6.63. The fourth-order valence-electron chi connectivity index (χ4n) is 3.20. The second-order valence-electron chi connectivity index (χ2n) is 6.63. The van der Waals surface area contributed by atoms with Crippen molar-refractivity contribution in [2.45, 2.75) is 18.9 Å². The lowest BCUT2D eigenvalue weighted by Crippen LogP contribution is -2.41. The highest BCUT2D eigenvalue weighted by atomic mass is 16.5. The molecular formula is C21H21N3O4. The first-order valence-electron chi connectivity index (χ1n) is 9.22. The van der Waals surface area contributed by atoms with Gasteiger partial charge in [0, 0.05) is 29.3 Å². The average Bonchev–Trinajstić information content (AvgIpc) is 3.40. The Labute approximate surface area is 162 Å². The van der Waals surface area contributed by atoms with E-state index in [0.717, 1.165) is 30.4 Å². The van der Waals surface area contributed by atoms with Gasteiger partial charge in [-0.15, -0.1) is 0 Å². The summed E-state index contributed by atoms with van der Waals surface area (Å²) in [7, 11) is 0. The van der Waals surface area contributed by atoms with E-state index in [1.165, 1.54) is 0 Å². The topological polar surface area (TPSA) is 92.5 Å². The van der Waals surface area contributed by atoms with Crippen LogP contribution in [0.4, 0.5) is 0 Å². The van der Waals surface area contributed by atoms with E-state index >= 15 is 0 Å². The molecule has 2 aromatic carbocycles. The molecule has 28 heavy (non-hydrogen) atoms. The number of hydrogen-bond acceptors (Lipinski definition) is 4. The van der Waals surface area contributed by atoms with Crippen LogP contribution in [0.15, 0.2) is 54.7 Å². The molecule has 3 N–H and O–H groups in total. The number of para-hydroxylation sites is 1. The van der Waals surface area contributed by atoms with Crippen molar-refractivity contribution in [3.63, 3.8) is 0 Å². The van der Waals surface area contributed by atoms with Gasteiger partial charge < -0.3 is 14.5 Å². The number of aromatic amines is 1. The van der Waals surface area contributed by atoms with E-state index in [1.807, 2.05) is 24.3 Å². The third kappa shape index (κ3) is 3.99. The first kappa shape index (κ1) is 18.1. The molecular weight excluding hydrogens is 358 g/mol. The molecule has 144 valence electrons. The zero-order valence-electron chi connectivity index (χ0n) is 15.2. The van der Waals surface area contributed by atoms with Crippen LogP contribution in [-0.4, -0.2) is 36.1 Å². The molecule has 0 spiro atoms. The molecule has 2 amide bonds. The summed E-state index contributed by atoms with van der Waals surface area (Å²) in [6.07, 6.45) is 3.76. The molecule has 1 fully saturated rings. The van der Waals surface area contributed by atoms with Gasteiger partial charge in [-0.3, -0.25) is 20.4 Å². The number of fused-ring (bicyclic) bond motifs is 1. The number of carbonyl (C=O) groups is 2. The lowest BCUT2D eigenvalue weighted by molar-refractivity contribution is 0.0679. The third-order valence-corrected chi connectivity index (χ3v) is 4.68. The van der Waals surface area contributed by atoms with Gasteiger partial charge in [-0.2, -0.15) is 0 Å². The van der Waals surface area contributed by atoms with E-state index in [2.05, 4.69) is 15.8 Å². The molecule has 1 atom stereocenters. The maximum atomic E-state index is 12.4. The molecule has 1 saturated heterocycles. The number of benzene rings is 2. The number of aromatic nitrogens is 1. The maximum absolute atomic E-state index is 12.4. The first-order valence-corrected chi connectivity index (χ1v) is 9.22. The van der Waals surface area contributed by atoms with Gasteiger partial charge in [-0.1, -0.05) is 24.3 Å². The van der Waals surface area contributed by atoms with Crippen molar-refractivity contribution >= 4 is 22.7 Å². The quantitative estimate of drug-likeness (QED) is 0.595. The van der Waals surface area contributed by atoms with Gasteiger partial charge in [0.15, 0.2) is 0 Å². The van der Waals surface area contributed by atoms with Crippen molar-refractivity contribution in [2.24, 2.45) is 0 Å². The first-order chi connectivity index (χ1) is 13.7. The predicted molar refractivity (Wildman–Crippen MR) is 104 cm³/mol. The van der Waals surface area contributed by atoms with Crippen LogP contribution >= 0.6 is 0 Å². The van der Waals surface area contributed by atoms with Crippen molar-refractivity contribution in [3.8, 4) is 5.75 Å². The predicted octanol–water partition coefficient (Wildman–Crippen LogP) is 2.80. The van der Waals surface area contributed by atoms with E-state index in [-0.39, 0.29) is 6.10 Å². The minimum absolute atomic E-state index is 0.105. The molecule has 0 aliphatic carbocycles. The third-order valence-electron chi connectivity index (χ3n) is 4.68. The van der Waals surface area contributed by atoms with Crippen molar-refractivity contribution in [2.75, 3.05) is 13.2 Å². The molecule has 4 rings (SSSR count). The van der Waals surface area contributed by atoms with Crippen molar-refractivity contribution in [1.29, 1.82) is 0 Å². The molecule has 7 heteroatoms. The molecule has 0 bridgehead atoms. The number of H-pyrrole nitrogens is 1. The van der Waals surface area contributed by atoms with Crippen LogP contribution in [0.1, 0.15) is 33.6 Å². The van der Waals surface area contributed by atoms with Crippen molar-refractivity contribution in [3.05, 3.63) is 65.9 Å². The Morgan fingerprint density at radius 2 is 1.96 bits per heavy atom. The summed E-state index contributed by atoms with van der Waals surface area (Å²) in [6, 6.07) is 14.3. The lowest BCUT2D eigenvalue weighted by atomic mass is 10.2. The minimum Gasteiger partial charge on any atom is -0.491 e. The molecule has 2 heterocycles. The number of hydrogen-bond donors (Lipinski definition) is 3. The van der Waals surface area contributed by atoms with Gasteiger partial charge in [-0.25, -0.2) is 0 Å². The Morgan fingerprint density at radius 3 is 2.82 bits per heavy atom. The van der Waals surface area contributed by atoms with Crippen molar-refractivity contribution < 1.29 is 19.1 Å². The van der Waals surface area contributed by atoms with Crippen LogP contribution in [0.25, 0.3) is 10.9 Å². The second kappa shape index (κ2) is 8.14. The van der Waals surface area contributed by atoms with Crippen LogP contribution in [0.2, 0.25) is 0 Å². The summed E-state index contributed by atoms with van der Waals surface area (Å²) in [6.45, 7) is 1.23. The Balaban J connectivity index is 1.35. The van der Waals surface area contributed by atoms with Crippen LogP contribution in [0.5, 0.6) is 5.75 Å². The summed E-state index contributed by atoms with van der Waals surface area (Å²) in [5.41, 5.74) is 6.61. The van der Waals surface area contributed by atoms with Gasteiger partial charge in [0.25, 0.3) is 11.8 Å². The maximum Gasteiger partial charge on any atom is 0.271 e. The van der Waals surface area contributed by atoms with Gasteiger partial charge in [0.05, 0.1) is 11.7 Å². The summed E-state index contributed by atoms with van der Waals surface area (Å²) in [5.74, 6) is -0.224. The normalized spacial score (nSPS) is 16.1. The highest BCUT2D eigenvalue weighted by Gasteiger charge is 2.17. The van der Waals surface area contributed by atoms with Gasteiger partial charge in [0.1, 0.15) is 12.4 Å². The average molecular weight is 379 g/mol. The minimum atomic E-state index is -0.421. The van der Waals surface area contributed by atoms with Crippen LogP contribution in [0, 0.1) is 0 Å². The largest absolute Gasteiger partial charge is 0.491 e. The molecule has 0 radical (unpaired) electrons. The summed E-state index contributed by atoms with van der Waals surface area (Å²) in [4.78, 5) is 27.8. The van der Waals surface area contributed by atoms with Crippen LogP contribution in [-0.2, 0) is 4.74 Å². The summed E-state index contributed by atoms with van der Waals surface area (Å²) in [5, 5.41) is 0.791. The summed E-state index contributed by atoms with van der Waals surface area (Å²) >= 11 is 0. The Kier molecular flexibility index (Phi) is 5.25. The summed E-state index contributed by atoms with van der Waals surface area (Å²) < 4.78 is 11.2. The molecule has 1 aliphatic rings. The number of hydrazine groups is 1. The van der Waals surface area contributed by atoms with Gasteiger partial charge in [0.2, 0.25) is 0 Å². The number of amides is 2. The van der Waals surface area contributed by atoms with Gasteiger partial charge in [-0.05, 0) is 37.1 Å². The standard InChI is InChI=1S/C21H21N3O4/c25-20(14-5-3-6-15(11-14)28-13-16-7-4-10-27-16)23-24-21(26)18-12-22-19-9-2-1-8-17(18)19/h1-3,5-6,8-9,11-12,16,22H,4,7,10,13H2,(H,23,25)(H,24,26). The fourth-order valence-corrected chi connectivity index (χ4v) is 3.20. The number of ether oxygens (including phenoxy) is 2. The van der Waals surface area contributed by atoms with Crippen molar-refractivity contribution in [1.82, 2.24) is 15.8 Å². The SMILES string of the molecule is O=C(NNC(=O)c1c[nH]c2ccccc12)c1cccc(OCC2CCCO2)c1. The number of nitrogens with one attached hydrogen (secondary N) is 3. The number of carbonyl (C=O) groups excluding carboxylic acids is 2. The molecule has 7 nitrogen and oxygen atoms in total. The zero-order chi connectivity index (χ0) is 19.3. The van der Waals surface area contributed by atoms with Crippen LogP contribution in [0.3, 0.4) is 0 Å². The fraction of sp³-hybridized carbons (Fsp3) is 0.238. The Morgan fingerprint density at radius 1 is 1.11 bits per heavy atom. The van der Waals surface area contributed by atoms with Crippen LogP contribution < -0.4 is 15.6 Å². The molecule has 1 aliphatic heterocycles. The van der Waals surface area contributed by atoms with Gasteiger partial charge >= 0.3 is 0 Å². The Bertz CT molecular complexity index is 992. The highest BCUT2D eigenvalue weighted by molar-refractivity contribution is 6.07. The van der Waals surface area contributed by atoms with E-state index in [4.69, 9.17) is 9.47 Å². The monoisotopic (exact) mass is 379 g/mol. The smallest absolute Gasteiger partial charge is 0.271 e. The van der Waals surface area contributed by atoms with E-state index in [0.29, 0.717) is 23.5 Å². The molecule has 0 saturated carbocycles. The lowest BCUT2D eigenvalue weighted by Gasteiger charge is -2.12. The zero-order valence-corrected chi connectivity index (χ0v) is 15.2. The Hall–Kier alpha value is -3.32. The number of rotatable bonds is 5.